The zero-order chi connectivity index (χ0) is 26.0. The quantitative estimate of drug-likeness (QED) is 0.546. The number of nitrogens with one attached hydrogen (secondary N) is 2. The monoisotopic (exact) mass is 478 g/mol. The first-order valence-corrected chi connectivity index (χ1v) is 11.5. The van der Waals surface area contributed by atoms with Gasteiger partial charge in [0.1, 0.15) is 5.75 Å². The van der Waals surface area contributed by atoms with Crippen molar-refractivity contribution in [3.63, 3.8) is 0 Å². The molecule has 0 atom stereocenters. The predicted octanol–water partition coefficient (Wildman–Crippen LogP) is 4.31. The summed E-state index contributed by atoms with van der Waals surface area (Å²) in [6, 6.07) is 7.24. The molecule has 0 saturated carbocycles. The lowest BCUT2D eigenvalue weighted by atomic mass is 9.86. The fraction of sp³-hybridized carbons (Fsp3) is 0.423. The Kier molecular flexibility index (Phi) is 7.28. The van der Waals surface area contributed by atoms with E-state index in [2.05, 4.69) is 46.7 Å². The van der Waals surface area contributed by atoms with E-state index in [-0.39, 0.29) is 28.3 Å². The van der Waals surface area contributed by atoms with Crippen molar-refractivity contribution < 1.29 is 14.3 Å². The second-order valence-electron chi connectivity index (χ2n) is 10.8. The molecule has 2 heterocycles. The van der Waals surface area contributed by atoms with Crippen molar-refractivity contribution in [2.24, 2.45) is 5.41 Å². The van der Waals surface area contributed by atoms with Gasteiger partial charge in [-0.2, -0.15) is 0 Å². The molecule has 0 spiro atoms. The molecule has 3 rings (SSSR count). The van der Waals surface area contributed by atoms with Crippen molar-refractivity contribution in [1.82, 2.24) is 25.3 Å². The molecule has 186 valence electrons. The topological polar surface area (TPSA) is 111 Å². The maximum Gasteiger partial charge on any atom is 0.273 e. The third-order valence-corrected chi connectivity index (χ3v) is 5.34. The van der Waals surface area contributed by atoms with E-state index >= 15 is 0 Å². The van der Waals surface area contributed by atoms with Crippen LogP contribution in [0.25, 0.3) is 5.69 Å². The molecule has 2 aromatic heterocycles. The summed E-state index contributed by atoms with van der Waals surface area (Å²) in [5.41, 5.74) is 3.25. The van der Waals surface area contributed by atoms with Gasteiger partial charge < -0.3 is 15.4 Å². The van der Waals surface area contributed by atoms with E-state index < -0.39 is 0 Å². The molecule has 35 heavy (non-hydrogen) atoms. The van der Waals surface area contributed by atoms with Gasteiger partial charge in [0.25, 0.3) is 11.8 Å². The van der Waals surface area contributed by atoms with Gasteiger partial charge >= 0.3 is 0 Å². The van der Waals surface area contributed by atoms with Crippen molar-refractivity contribution in [3.8, 4) is 11.4 Å². The zero-order valence-electron chi connectivity index (χ0n) is 21.7. The Hall–Kier alpha value is -3.75. The first kappa shape index (κ1) is 25.9. The normalized spacial score (nSPS) is 11.8. The number of carbonyl (C=O) groups is 2. The summed E-state index contributed by atoms with van der Waals surface area (Å²) in [6.45, 7) is 14.7. The molecular formula is C26H34N6O3. The number of methoxy groups -OCH3 is 1. The third-order valence-electron chi connectivity index (χ3n) is 5.34. The van der Waals surface area contributed by atoms with Crippen molar-refractivity contribution in [2.75, 3.05) is 19.0 Å². The summed E-state index contributed by atoms with van der Waals surface area (Å²) >= 11 is 0. The number of nitrogens with zero attached hydrogens (tertiary/aromatic N) is 4. The Morgan fingerprint density at radius 2 is 1.74 bits per heavy atom. The van der Waals surface area contributed by atoms with E-state index in [1.807, 2.05) is 39.8 Å². The summed E-state index contributed by atoms with van der Waals surface area (Å²) in [4.78, 5) is 29.9. The molecule has 0 unspecified atom stereocenters. The number of carbonyl (C=O) groups excluding carboxylic acids is 2. The van der Waals surface area contributed by atoms with Gasteiger partial charge in [0.05, 0.1) is 36.6 Å². The highest BCUT2D eigenvalue weighted by atomic mass is 16.5. The lowest BCUT2D eigenvalue weighted by Gasteiger charge is -2.21. The van der Waals surface area contributed by atoms with Gasteiger partial charge in [0.2, 0.25) is 0 Å². The lowest BCUT2D eigenvalue weighted by Crippen LogP contribution is -2.32. The van der Waals surface area contributed by atoms with Gasteiger partial charge in [0, 0.05) is 12.1 Å². The summed E-state index contributed by atoms with van der Waals surface area (Å²) < 4.78 is 6.88. The summed E-state index contributed by atoms with van der Waals surface area (Å²) in [7, 11) is 1.58. The first-order valence-electron chi connectivity index (χ1n) is 11.5. The minimum atomic E-state index is -0.297. The van der Waals surface area contributed by atoms with Crippen molar-refractivity contribution in [2.45, 2.75) is 53.9 Å². The average Bonchev–Trinajstić information content (AvgIpc) is 3.27. The van der Waals surface area contributed by atoms with Gasteiger partial charge in [0.15, 0.2) is 5.69 Å². The molecular weight excluding hydrogens is 444 g/mol. The van der Waals surface area contributed by atoms with Gasteiger partial charge in [-0.05, 0) is 47.6 Å². The van der Waals surface area contributed by atoms with Crippen LogP contribution in [0.15, 0.2) is 36.7 Å². The minimum absolute atomic E-state index is 0.0465. The molecule has 2 amide bonds. The fourth-order valence-corrected chi connectivity index (χ4v) is 3.23. The number of benzene rings is 1. The molecule has 0 saturated heterocycles. The van der Waals surface area contributed by atoms with E-state index in [0.717, 1.165) is 5.56 Å². The number of hydrogen-bond donors (Lipinski definition) is 2. The molecule has 3 aromatic rings. The molecule has 2 N–H and O–H groups in total. The van der Waals surface area contributed by atoms with Crippen LogP contribution in [-0.2, 0) is 5.41 Å². The number of aryl methyl sites for hydroxylation is 1. The first-order chi connectivity index (χ1) is 16.3. The van der Waals surface area contributed by atoms with Crippen LogP contribution in [-0.4, -0.2) is 45.4 Å². The Labute approximate surface area is 206 Å². The third kappa shape index (κ3) is 6.65. The number of ether oxygens (including phenoxy) is 1. The maximum atomic E-state index is 13.1. The highest BCUT2D eigenvalue weighted by molar-refractivity contribution is 6.04. The highest BCUT2D eigenvalue weighted by Gasteiger charge is 2.19. The highest BCUT2D eigenvalue weighted by Crippen LogP contribution is 2.28. The maximum absolute atomic E-state index is 13.1. The molecule has 0 fully saturated rings. The van der Waals surface area contributed by atoms with E-state index in [0.29, 0.717) is 34.9 Å². The molecule has 1 aromatic carbocycles. The lowest BCUT2D eigenvalue weighted by molar-refractivity contribution is 0.0933. The van der Waals surface area contributed by atoms with Crippen LogP contribution in [0.2, 0.25) is 0 Å². The van der Waals surface area contributed by atoms with E-state index in [4.69, 9.17) is 4.74 Å². The van der Waals surface area contributed by atoms with Gasteiger partial charge in [-0.3, -0.25) is 14.6 Å². The van der Waals surface area contributed by atoms with Gasteiger partial charge in [-0.15, -0.1) is 5.10 Å². The molecule has 9 heteroatoms. The molecule has 0 aliphatic rings. The Balaban J connectivity index is 1.83. The van der Waals surface area contributed by atoms with Crippen LogP contribution in [0.1, 0.15) is 73.6 Å². The van der Waals surface area contributed by atoms with E-state index in [9.17, 15) is 9.59 Å². The number of anilines is 1. The predicted molar refractivity (Wildman–Crippen MR) is 135 cm³/mol. The number of rotatable bonds is 6. The fourth-order valence-electron chi connectivity index (χ4n) is 3.23. The molecule has 0 radical (unpaired) electrons. The molecule has 0 bridgehead atoms. The number of aromatic nitrogens is 4. The zero-order valence-corrected chi connectivity index (χ0v) is 21.7. The van der Waals surface area contributed by atoms with Crippen LogP contribution in [0.5, 0.6) is 5.75 Å². The summed E-state index contributed by atoms with van der Waals surface area (Å²) in [5, 5.41) is 13.8. The molecule has 0 aliphatic carbocycles. The SMILES string of the molecule is COc1cc(C(=O)Nc2cnc(C)c(-n3cc(C(=O)NCC(C)(C)C)nn3)c2)cc(C(C)(C)C)c1. The van der Waals surface area contributed by atoms with Crippen LogP contribution >= 0.6 is 0 Å². The second kappa shape index (κ2) is 9.85. The van der Waals surface area contributed by atoms with Crippen LogP contribution in [0.3, 0.4) is 0 Å². The number of pyridine rings is 1. The Morgan fingerprint density at radius 1 is 1.03 bits per heavy atom. The second-order valence-corrected chi connectivity index (χ2v) is 10.8. The Bertz CT molecular complexity index is 1230. The minimum Gasteiger partial charge on any atom is -0.497 e. The standard InChI is InChI=1S/C26H34N6O3/c1-16-22(32-14-21(30-31-32)24(34)28-15-25(2,3)4)12-19(13-27-16)29-23(33)17-9-18(26(5,6)7)11-20(10-17)35-8/h9-14H,15H2,1-8H3,(H,28,34)(H,29,33). The Morgan fingerprint density at radius 3 is 2.37 bits per heavy atom. The van der Waals surface area contributed by atoms with Crippen LogP contribution in [0, 0.1) is 12.3 Å². The van der Waals surface area contributed by atoms with Crippen LogP contribution in [0.4, 0.5) is 5.69 Å². The molecule has 0 aliphatic heterocycles. The van der Waals surface area contributed by atoms with Crippen molar-refractivity contribution in [1.29, 1.82) is 0 Å². The smallest absolute Gasteiger partial charge is 0.273 e. The van der Waals surface area contributed by atoms with Gasteiger partial charge in [-0.1, -0.05) is 46.8 Å². The van der Waals surface area contributed by atoms with Crippen molar-refractivity contribution >= 4 is 17.5 Å². The van der Waals surface area contributed by atoms with E-state index in [1.165, 1.54) is 4.68 Å². The molecule has 9 nitrogen and oxygen atoms in total. The van der Waals surface area contributed by atoms with E-state index in [1.54, 1.807) is 31.6 Å². The summed E-state index contributed by atoms with van der Waals surface area (Å²) in [5.74, 6) is 0.0333. The van der Waals surface area contributed by atoms with Crippen LogP contribution < -0.4 is 15.4 Å². The van der Waals surface area contributed by atoms with Gasteiger partial charge in [-0.25, -0.2) is 4.68 Å². The average molecular weight is 479 g/mol. The largest absolute Gasteiger partial charge is 0.497 e. The van der Waals surface area contributed by atoms with Crippen molar-refractivity contribution in [3.05, 3.63) is 59.2 Å². The number of hydrogen-bond acceptors (Lipinski definition) is 6. The number of amides is 2. The summed E-state index contributed by atoms with van der Waals surface area (Å²) in [6.07, 6.45) is 3.13.